The fraction of sp³-hybridized carbons (Fsp3) is 0.393. The van der Waals surface area contributed by atoms with Gasteiger partial charge in [-0.3, -0.25) is 9.58 Å². The maximum Gasteiger partial charge on any atom is 0.410 e. The van der Waals surface area contributed by atoms with Crippen molar-refractivity contribution in [3.05, 3.63) is 47.2 Å². The quantitative estimate of drug-likeness (QED) is 0.334. The molecule has 38 heavy (non-hydrogen) atoms. The molecule has 1 aliphatic heterocycles. The van der Waals surface area contributed by atoms with E-state index in [9.17, 15) is 10.1 Å². The molecule has 0 unspecified atom stereocenters. The van der Waals surface area contributed by atoms with Gasteiger partial charge >= 0.3 is 6.09 Å². The van der Waals surface area contributed by atoms with Gasteiger partial charge in [-0.1, -0.05) is 11.6 Å². The molecule has 10 heteroatoms. The van der Waals surface area contributed by atoms with Gasteiger partial charge in [0.15, 0.2) is 5.65 Å². The van der Waals surface area contributed by atoms with Crippen molar-refractivity contribution in [2.75, 3.05) is 18.0 Å². The molecule has 1 aromatic carbocycles. The fourth-order valence-corrected chi connectivity index (χ4v) is 5.31. The third kappa shape index (κ3) is 4.84. The van der Waals surface area contributed by atoms with Crippen LogP contribution in [0.15, 0.2) is 36.7 Å². The maximum atomic E-state index is 12.8. The Kier molecular flexibility index (Phi) is 6.40. The zero-order valence-corrected chi connectivity index (χ0v) is 23.1. The van der Waals surface area contributed by atoms with Gasteiger partial charge in [0.2, 0.25) is 0 Å². The molecule has 1 fully saturated rings. The van der Waals surface area contributed by atoms with Crippen molar-refractivity contribution >= 4 is 45.3 Å². The van der Waals surface area contributed by atoms with Gasteiger partial charge < -0.3 is 9.64 Å². The van der Waals surface area contributed by atoms with E-state index in [0.29, 0.717) is 40.5 Å². The Morgan fingerprint density at radius 1 is 1.16 bits per heavy atom. The summed E-state index contributed by atoms with van der Waals surface area (Å²) in [4.78, 5) is 26.2. The number of aryl methyl sites for hydroxylation is 1. The molecule has 0 aliphatic carbocycles. The molecule has 0 radical (unpaired) electrons. The predicted molar refractivity (Wildman–Crippen MR) is 148 cm³/mol. The van der Waals surface area contributed by atoms with Crippen molar-refractivity contribution in [2.24, 2.45) is 7.05 Å². The molecule has 0 N–H and O–H groups in total. The number of anilines is 1. The minimum Gasteiger partial charge on any atom is -0.444 e. The molecule has 1 amide bonds. The van der Waals surface area contributed by atoms with Crippen LogP contribution >= 0.6 is 11.6 Å². The van der Waals surface area contributed by atoms with Crippen molar-refractivity contribution in [3.63, 3.8) is 0 Å². The van der Waals surface area contributed by atoms with Crippen molar-refractivity contribution in [3.8, 4) is 17.3 Å². The first-order chi connectivity index (χ1) is 17.9. The summed E-state index contributed by atoms with van der Waals surface area (Å²) in [6.07, 6.45) is 3.37. The van der Waals surface area contributed by atoms with Crippen molar-refractivity contribution in [1.82, 2.24) is 24.6 Å². The SMILES string of the molecule is C[C@@H]1CN(c2cnc3nc(-c4cc(C#N)c5nn(C)cc5c4)cc(Cl)c3c2)C[C@H](C)N1C(=O)OC(C)(C)C. The Labute approximate surface area is 226 Å². The second-order valence-corrected chi connectivity index (χ2v) is 11.3. The van der Waals surface area contributed by atoms with Gasteiger partial charge in [-0.15, -0.1) is 0 Å². The number of pyridine rings is 2. The number of hydrogen-bond acceptors (Lipinski definition) is 7. The summed E-state index contributed by atoms with van der Waals surface area (Å²) in [5, 5.41) is 16.1. The van der Waals surface area contributed by atoms with Crippen molar-refractivity contribution in [1.29, 1.82) is 5.26 Å². The number of piperazine rings is 1. The number of hydrogen-bond donors (Lipinski definition) is 0. The Balaban J connectivity index is 1.44. The molecule has 1 aliphatic rings. The van der Waals surface area contributed by atoms with Gasteiger partial charge in [0, 0.05) is 42.7 Å². The summed E-state index contributed by atoms with van der Waals surface area (Å²) in [5.41, 5.74) is 3.44. The third-order valence-corrected chi connectivity index (χ3v) is 6.94. The Bertz CT molecular complexity index is 1590. The minimum atomic E-state index is -0.543. The first kappa shape index (κ1) is 25.7. The summed E-state index contributed by atoms with van der Waals surface area (Å²) in [6.45, 7) is 11.0. The second kappa shape index (κ2) is 9.44. The molecule has 2 atom stereocenters. The average molecular weight is 532 g/mol. The highest BCUT2D eigenvalue weighted by atomic mass is 35.5. The van der Waals surface area contributed by atoms with Crippen LogP contribution in [0.1, 0.15) is 40.2 Å². The van der Waals surface area contributed by atoms with E-state index >= 15 is 0 Å². The molecule has 5 rings (SSSR count). The highest BCUT2D eigenvalue weighted by Gasteiger charge is 2.35. The van der Waals surface area contributed by atoms with Gasteiger partial charge in [0.25, 0.3) is 0 Å². The summed E-state index contributed by atoms with van der Waals surface area (Å²) in [7, 11) is 1.83. The topological polar surface area (TPSA) is 100 Å². The van der Waals surface area contributed by atoms with Crippen LogP contribution in [0.4, 0.5) is 10.5 Å². The van der Waals surface area contributed by atoms with E-state index in [4.69, 9.17) is 21.3 Å². The minimum absolute atomic E-state index is 0.0445. The molecule has 0 spiro atoms. The number of ether oxygens (including phenoxy) is 1. The Hall–Kier alpha value is -3.90. The number of carbonyl (C=O) groups is 1. The van der Waals surface area contributed by atoms with Crippen LogP contribution in [-0.4, -0.2) is 61.5 Å². The van der Waals surface area contributed by atoms with Crippen molar-refractivity contribution in [2.45, 2.75) is 52.3 Å². The first-order valence-corrected chi connectivity index (χ1v) is 12.9. The molecule has 0 bridgehead atoms. The molecular formula is C28H30ClN7O2. The average Bonchev–Trinajstić information content (AvgIpc) is 3.21. The summed E-state index contributed by atoms with van der Waals surface area (Å²) >= 11 is 6.75. The lowest BCUT2D eigenvalue weighted by Gasteiger charge is -2.45. The number of nitrogens with zero attached hydrogens (tertiary/aromatic N) is 7. The molecule has 3 aromatic heterocycles. The lowest BCUT2D eigenvalue weighted by atomic mass is 10.0. The van der Waals surface area contributed by atoms with Crippen molar-refractivity contribution < 1.29 is 9.53 Å². The number of carbonyl (C=O) groups excluding carboxylic acids is 1. The number of amides is 1. The summed E-state index contributed by atoms with van der Waals surface area (Å²) in [5.74, 6) is 0. The van der Waals surface area contributed by atoms with Crippen LogP contribution < -0.4 is 4.90 Å². The van der Waals surface area contributed by atoms with Crippen LogP contribution in [0, 0.1) is 11.3 Å². The monoisotopic (exact) mass is 531 g/mol. The van der Waals surface area contributed by atoms with E-state index in [1.54, 1.807) is 23.0 Å². The normalized spacial score (nSPS) is 18.2. The van der Waals surface area contributed by atoms with Crippen LogP contribution in [0.25, 0.3) is 33.2 Å². The molecule has 196 valence electrons. The summed E-state index contributed by atoms with van der Waals surface area (Å²) < 4.78 is 7.32. The zero-order valence-electron chi connectivity index (χ0n) is 22.4. The van der Waals surface area contributed by atoms with Gasteiger partial charge in [-0.2, -0.15) is 10.4 Å². The molecule has 4 heterocycles. The van der Waals surface area contributed by atoms with E-state index < -0.39 is 5.60 Å². The number of fused-ring (bicyclic) bond motifs is 2. The first-order valence-electron chi connectivity index (χ1n) is 12.5. The maximum absolute atomic E-state index is 12.8. The fourth-order valence-electron chi connectivity index (χ4n) is 5.07. The van der Waals surface area contributed by atoms with Crippen LogP contribution in [-0.2, 0) is 11.8 Å². The highest BCUT2D eigenvalue weighted by Crippen LogP contribution is 2.33. The predicted octanol–water partition coefficient (Wildman–Crippen LogP) is 5.54. The number of aromatic nitrogens is 4. The molecule has 9 nitrogen and oxygen atoms in total. The Morgan fingerprint density at radius 3 is 2.53 bits per heavy atom. The summed E-state index contributed by atoms with van der Waals surface area (Å²) in [6, 6.07) is 9.67. The van der Waals surface area contributed by atoms with Crippen LogP contribution in [0.3, 0.4) is 0 Å². The van der Waals surface area contributed by atoms with Crippen LogP contribution in [0.5, 0.6) is 0 Å². The van der Waals surface area contributed by atoms with E-state index in [-0.39, 0.29) is 18.2 Å². The number of nitriles is 1. The molecule has 1 saturated heterocycles. The third-order valence-electron chi connectivity index (χ3n) is 6.63. The zero-order chi connectivity index (χ0) is 27.4. The lowest BCUT2D eigenvalue weighted by Crippen LogP contribution is -2.59. The standard InChI is InChI=1S/C28H30ClN7O2/c1-16-13-35(14-17(2)36(16)27(37)38-28(3,4)5)21-9-22-23(29)10-24(32-26(22)31-12-21)18-7-19(11-30)25-20(8-18)15-34(6)33-25/h7-10,12,15-17H,13-14H2,1-6H3/t16-,17+. The second-order valence-electron chi connectivity index (χ2n) is 10.9. The van der Waals surface area contributed by atoms with E-state index in [1.807, 2.05) is 64.9 Å². The van der Waals surface area contributed by atoms with Gasteiger partial charge in [0.05, 0.1) is 40.2 Å². The van der Waals surface area contributed by atoms with Gasteiger partial charge in [-0.05, 0) is 58.9 Å². The molecule has 0 saturated carbocycles. The number of halogens is 1. The number of rotatable bonds is 2. The highest BCUT2D eigenvalue weighted by molar-refractivity contribution is 6.35. The van der Waals surface area contributed by atoms with E-state index in [1.165, 1.54) is 0 Å². The van der Waals surface area contributed by atoms with Gasteiger partial charge in [-0.25, -0.2) is 14.8 Å². The van der Waals surface area contributed by atoms with Gasteiger partial charge in [0.1, 0.15) is 17.2 Å². The smallest absolute Gasteiger partial charge is 0.410 e. The largest absolute Gasteiger partial charge is 0.444 e. The number of benzene rings is 1. The van der Waals surface area contributed by atoms with E-state index in [2.05, 4.69) is 21.1 Å². The molecular weight excluding hydrogens is 502 g/mol. The Morgan fingerprint density at radius 2 is 1.87 bits per heavy atom. The van der Waals surface area contributed by atoms with Crippen LogP contribution in [0.2, 0.25) is 5.02 Å². The molecule has 4 aromatic rings. The lowest BCUT2D eigenvalue weighted by molar-refractivity contribution is 0.00566. The van der Waals surface area contributed by atoms with E-state index in [0.717, 1.165) is 22.0 Å².